The molecule has 1 aromatic heterocycles. The summed E-state index contributed by atoms with van der Waals surface area (Å²) < 4.78 is 20.0. The average molecular weight is 674 g/mol. The van der Waals surface area contributed by atoms with E-state index in [1.165, 1.54) is 11.1 Å². The van der Waals surface area contributed by atoms with Gasteiger partial charge in [-0.2, -0.15) is 9.78 Å². The molecule has 0 amide bonds. The molecule has 0 unspecified atom stereocenters. The van der Waals surface area contributed by atoms with Crippen LogP contribution >= 0.6 is 43.5 Å². The molecule has 1 saturated carbocycles. The van der Waals surface area contributed by atoms with E-state index in [9.17, 15) is 4.79 Å². The molecule has 3 aromatic carbocycles. The van der Waals surface area contributed by atoms with Crippen LogP contribution in [0.3, 0.4) is 0 Å². The maximum atomic E-state index is 13.7. The zero-order valence-electron chi connectivity index (χ0n) is 20.8. The van der Waals surface area contributed by atoms with Crippen molar-refractivity contribution in [2.45, 2.75) is 44.6 Å². The van der Waals surface area contributed by atoms with Crippen molar-refractivity contribution < 1.29 is 14.2 Å². The maximum absolute atomic E-state index is 13.7. The first kappa shape index (κ1) is 26.3. The number of hydrogen-bond acceptors (Lipinski definition) is 6. The molecule has 0 saturated heterocycles. The van der Waals surface area contributed by atoms with Gasteiger partial charge in [-0.3, -0.25) is 4.79 Å². The lowest BCUT2D eigenvalue weighted by Gasteiger charge is -2.22. The van der Waals surface area contributed by atoms with Crippen LogP contribution in [0.2, 0.25) is 5.02 Å². The number of halogens is 3. The molecule has 0 bridgehead atoms. The number of hydrogen-bond donors (Lipinski definition) is 0. The van der Waals surface area contributed by atoms with E-state index in [-0.39, 0.29) is 24.9 Å². The Hall–Kier alpha value is -2.88. The van der Waals surface area contributed by atoms with Crippen LogP contribution < -0.4 is 19.8 Å². The van der Waals surface area contributed by atoms with Crippen molar-refractivity contribution in [3.05, 3.63) is 89.8 Å². The molecule has 0 N–H and O–H groups in total. The van der Waals surface area contributed by atoms with Crippen LogP contribution in [0.15, 0.2) is 67.4 Å². The maximum Gasteiger partial charge on any atom is 0.282 e. The van der Waals surface area contributed by atoms with Crippen LogP contribution in [0.4, 0.5) is 0 Å². The normalized spacial score (nSPS) is 15.4. The third-order valence-corrected chi connectivity index (χ3v) is 8.27. The van der Waals surface area contributed by atoms with E-state index in [0.29, 0.717) is 43.3 Å². The summed E-state index contributed by atoms with van der Waals surface area (Å²) >= 11 is 13.5. The summed E-state index contributed by atoms with van der Waals surface area (Å²) in [6.45, 7) is 0.502. The molecule has 39 heavy (non-hydrogen) atoms. The Balaban J connectivity index is 1.38. The van der Waals surface area contributed by atoms with Gasteiger partial charge in [-0.1, -0.05) is 52.9 Å². The van der Waals surface area contributed by atoms with Crippen LogP contribution in [0.1, 0.15) is 55.0 Å². The van der Waals surface area contributed by atoms with Crippen molar-refractivity contribution in [3.63, 3.8) is 0 Å². The van der Waals surface area contributed by atoms with E-state index in [4.69, 9.17) is 30.8 Å². The average Bonchev–Trinajstić information content (AvgIpc) is 3.41. The predicted octanol–water partition coefficient (Wildman–Crippen LogP) is 7.81. The Labute approximate surface area is 247 Å². The summed E-state index contributed by atoms with van der Waals surface area (Å²) in [6, 6.07) is 14.8. The molecule has 0 radical (unpaired) electrons. The lowest BCUT2D eigenvalue weighted by atomic mass is 9.88. The minimum Gasteiger partial charge on any atom is -0.487 e. The second-order valence-electron chi connectivity index (χ2n) is 9.61. The van der Waals surface area contributed by atoms with E-state index >= 15 is 0 Å². The highest BCUT2D eigenvalue weighted by Gasteiger charge is 2.23. The molecule has 2 aliphatic rings. The lowest BCUT2D eigenvalue weighted by Crippen LogP contribution is -2.25. The summed E-state index contributed by atoms with van der Waals surface area (Å²) in [5.41, 5.74) is 2.02. The van der Waals surface area contributed by atoms with Gasteiger partial charge in [-0.25, -0.2) is 4.98 Å². The molecule has 1 aliphatic heterocycles. The van der Waals surface area contributed by atoms with Crippen molar-refractivity contribution in [1.82, 2.24) is 9.66 Å². The number of nitrogens with zero attached hydrogens (tertiary/aromatic N) is 3. The second kappa shape index (κ2) is 11.3. The highest BCUT2D eigenvalue weighted by molar-refractivity contribution is 9.10. The fourth-order valence-corrected chi connectivity index (χ4v) is 6.35. The lowest BCUT2D eigenvalue weighted by molar-refractivity contribution is 0.174. The van der Waals surface area contributed by atoms with E-state index < -0.39 is 0 Å². The van der Waals surface area contributed by atoms with Gasteiger partial charge in [0.15, 0.2) is 11.5 Å². The molecule has 0 spiro atoms. The number of benzene rings is 3. The molecule has 7 nitrogen and oxygen atoms in total. The molecule has 0 atom stereocenters. The van der Waals surface area contributed by atoms with E-state index in [1.807, 2.05) is 30.3 Å². The van der Waals surface area contributed by atoms with Gasteiger partial charge in [0.1, 0.15) is 18.2 Å². The summed E-state index contributed by atoms with van der Waals surface area (Å²) in [4.78, 5) is 18.6. The summed E-state index contributed by atoms with van der Waals surface area (Å²) in [7, 11) is 0. The van der Waals surface area contributed by atoms with Gasteiger partial charge >= 0.3 is 0 Å². The predicted molar refractivity (Wildman–Crippen MR) is 159 cm³/mol. The third kappa shape index (κ3) is 5.58. The molecule has 10 heteroatoms. The Kier molecular flexibility index (Phi) is 7.64. The van der Waals surface area contributed by atoms with Crippen molar-refractivity contribution in [2.75, 3.05) is 6.79 Å². The fourth-order valence-electron chi connectivity index (χ4n) is 5.04. The van der Waals surface area contributed by atoms with Crippen LogP contribution in [0, 0.1) is 0 Å². The highest BCUT2D eigenvalue weighted by atomic mass is 79.9. The largest absolute Gasteiger partial charge is 0.487 e. The van der Waals surface area contributed by atoms with E-state index in [2.05, 4.69) is 37.0 Å². The molecule has 1 aliphatic carbocycles. The fraction of sp³-hybridized carbons (Fsp3) is 0.276. The molecule has 4 aromatic rings. The first-order chi connectivity index (χ1) is 19.0. The first-order valence-corrected chi connectivity index (χ1v) is 14.7. The van der Waals surface area contributed by atoms with Crippen molar-refractivity contribution >= 4 is 60.6 Å². The molecule has 2 heterocycles. The molecular weight excluding hydrogens is 650 g/mol. The number of aromatic nitrogens is 2. The van der Waals surface area contributed by atoms with E-state index in [1.54, 1.807) is 24.4 Å². The minimum absolute atomic E-state index is 0.171. The third-order valence-electron chi connectivity index (χ3n) is 6.97. The van der Waals surface area contributed by atoms with Gasteiger partial charge < -0.3 is 14.2 Å². The Morgan fingerprint density at radius 2 is 1.87 bits per heavy atom. The van der Waals surface area contributed by atoms with Gasteiger partial charge in [-0.15, -0.1) is 0 Å². The molecule has 1 fully saturated rings. The van der Waals surface area contributed by atoms with Gasteiger partial charge in [-0.05, 0) is 76.8 Å². The Bertz CT molecular complexity index is 1650. The Morgan fingerprint density at radius 3 is 2.72 bits per heavy atom. The second-order valence-corrected chi connectivity index (χ2v) is 11.8. The quantitative estimate of drug-likeness (QED) is 0.195. The highest BCUT2D eigenvalue weighted by Crippen LogP contribution is 2.36. The number of ether oxygens (including phenoxy) is 3. The SMILES string of the molecule is O=c1c2cc(Br)ccc2nc(C2CCCCC2)n1N=Cc1cc(Cl)cc(Br)c1OCc1ccc2c(c1)OCO2. The van der Waals surface area contributed by atoms with Gasteiger partial charge in [0.05, 0.1) is 21.6 Å². The van der Waals surface area contributed by atoms with E-state index in [0.717, 1.165) is 41.5 Å². The summed E-state index contributed by atoms with van der Waals surface area (Å²) in [5.74, 6) is 2.83. The topological polar surface area (TPSA) is 74.9 Å². The van der Waals surface area contributed by atoms with Crippen molar-refractivity contribution in [2.24, 2.45) is 5.10 Å². The van der Waals surface area contributed by atoms with Crippen LogP contribution in [-0.2, 0) is 6.61 Å². The van der Waals surface area contributed by atoms with Gasteiger partial charge in [0.2, 0.25) is 6.79 Å². The first-order valence-electron chi connectivity index (χ1n) is 12.7. The van der Waals surface area contributed by atoms with Crippen molar-refractivity contribution in [3.8, 4) is 17.2 Å². The summed E-state index contributed by atoms with van der Waals surface area (Å²) in [5, 5.41) is 5.70. The molecular formula is C29H24Br2ClN3O4. The smallest absolute Gasteiger partial charge is 0.282 e. The van der Waals surface area contributed by atoms with Crippen LogP contribution in [0.5, 0.6) is 17.2 Å². The summed E-state index contributed by atoms with van der Waals surface area (Å²) in [6.07, 6.45) is 7.01. The standard InChI is InChI=1S/C29H24Br2ClN3O4/c30-20-7-8-24-22(12-20)29(36)35(28(34-24)18-4-2-1-3-5-18)33-14-19-11-21(32)13-23(31)27(19)37-15-17-6-9-25-26(10-17)39-16-38-25/h6-14,18H,1-5,15-16H2. The Morgan fingerprint density at radius 1 is 1.05 bits per heavy atom. The monoisotopic (exact) mass is 671 g/mol. The van der Waals surface area contributed by atoms with Crippen LogP contribution in [-0.4, -0.2) is 22.7 Å². The van der Waals surface area contributed by atoms with Crippen LogP contribution in [0.25, 0.3) is 10.9 Å². The molecule has 6 rings (SSSR count). The molecule has 200 valence electrons. The zero-order chi connectivity index (χ0) is 26.9. The van der Waals surface area contributed by atoms with Crippen molar-refractivity contribution in [1.29, 1.82) is 0 Å². The number of rotatable bonds is 6. The minimum atomic E-state index is -0.206. The van der Waals surface area contributed by atoms with Gasteiger partial charge in [0.25, 0.3) is 5.56 Å². The zero-order valence-corrected chi connectivity index (χ0v) is 24.8. The number of fused-ring (bicyclic) bond motifs is 2. The van der Waals surface area contributed by atoms with Gasteiger partial charge in [0, 0.05) is 21.0 Å².